The summed E-state index contributed by atoms with van der Waals surface area (Å²) in [5.74, 6) is -0.172. The van der Waals surface area contributed by atoms with Gasteiger partial charge in [0.1, 0.15) is 13.2 Å². The molecule has 352 valence electrons. The van der Waals surface area contributed by atoms with Gasteiger partial charge in [-0.25, -0.2) is 4.57 Å². The van der Waals surface area contributed by atoms with Gasteiger partial charge in [-0.2, -0.15) is 0 Å². The lowest BCUT2D eigenvalue weighted by Gasteiger charge is -2.25. The first-order chi connectivity index (χ1) is 28.5. The lowest BCUT2D eigenvalue weighted by atomic mass is 10.0. The maximum absolute atomic E-state index is 12.9. The Kier molecular flexibility index (Phi) is 42.0. The summed E-state index contributed by atoms with van der Waals surface area (Å²) in [4.78, 5) is 23.2. The van der Waals surface area contributed by atoms with Crippen molar-refractivity contribution in [1.29, 1.82) is 0 Å². The summed E-state index contributed by atoms with van der Waals surface area (Å²) in [5.41, 5.74) is 0. The van der Waals surface area contributed by atoms with Crippen molar-refractivity contribution < 1.29 is 32.9 Å². The van der Waals surface area contributed by atoms with Crippen LogP contribution in [-0.4, -0.2) is 73.4 Å². The van der Waals surface area contributed by atoms with Crippen LogP contribution in [0.3, 0.4) is 0 Å². The molecular formula is C50H102N2O6P+. The molecule has 0 aliphatic heterocycles. The summed E-state index contributed by atoms with van der Waals surface area (Å²) >= 11 is 0. The number of carbonyl (C=O) groups is 1. The number of amides is 1. The Labute approximate surface area is 367 Å². The third-order valence-electron chi connectivity index (χ3n) is 11.8. The molecule has 0 saturated carbocycles. The summed E-state index contributed by atoms with van der Waals surface area (Å²) < 4.78 is 23.6. The number of hydrogen-bond acceptors (Lipinski definition) is 5. The first-order valence-corrected chi connectivity index (χ1v) is 27.1. The second-order valence-electron chi connectivity index (χ2n) is 18.9. The number of nitrogens with one attached hydrogen (secondary N) is 1. The Morgan fingerprint density at radius 3 is 1.25 bits per heavy atom. The monoisotopic (exact) mass is 858 g/mol. The molecule has 9 heteroatoms. The van der Waals surface area contributed by atoms with E-state index in [1.165, 1.54) is 199 Å². The molecule has 3 unspecified atom stereocenters. The van der Waals surface area contributed by atoms with Gasteiger partial charge in [-0.1, -0.05) is 238 Å². The lowest BCUT2D eigenvalue weighted by molar-refractivity contribution is -0.870. The van der Waals surface area contributed by atoms with E-state index in [1.54, 1.807) is 6.08 Å². The van der Waals surface area contributed by atoms with Gasteiger partial charge < -0.3 is 19.8 Å². The molecular weight excluding hydrogens is 756 g/mol. The number of hydrogen-bond donors (Lipinski definition) is 3. The Bertz CT molecular complexity index is 974. The van der Waals surface area contributed by atoms with Crippen molar-refractivity contribution in [3.05, 3.63) is 12.2 Å². The molecule has 59 heavy (non-hydrogen) atoms. The zero-order chi connectivity index (χ0) is 43.6. The fourth-order valence-corrected chi connectivity index (χ4v) is 8.43. The molecule has 0 bridgehead atoms. The van der Waals surface area contributed by atoms with E-state index < -0.39 is 20.0 Å². The minimum atomic E-state index is -4.34. The molecule has 3 N–H and O–H groups in total. The van der Waals surface area contributed by atoms with E-state index in [1.807, 2.05) is 27.2 Å². The number of quaternary nitrogens is 1. The van der Waals surface area contributed by atoms with E-state index >= 15 is 0 Å². The fourth-order valence-electron chi connectivity index (χ4n) is 7.69. The van der Waals surface area contributed by atoms with Crippen LogP contribution in [0.4, 0.5) is 0 Å². The third kappa shape index (κ3) is 45.1. The summed E-state index contributed by atoms with van der Waals surface area (Å²) in [5, 5.41) is 13.9. The molecule has 0 aliphatic rings. The van der Waals surface area contributed by atoms with Crippen LogP contribution in [0.25, 0.3) is 0 Å². The van der Waals surface area contributed by atoms with Crippen LogP contribution in [0.15, 0.2) is 12.2 Å². The number of aliphatic hydroxyl groups is 1. The standard InChI is InChI=1S/C50H101N2O6P/c1-6-8-10-12-14-16-18-20-22-24-25-26-28-30-32-34-36-38-40-42-44-50(54)51-48(47-58-59(55,56)57-46-45-52(3,4)5)49(53)43-41-39-37-35-33-31-29-27-23-21-19-17-15-13-11-9-7-2/h41,43,48-49,53H,6-40,42,44-47H2,1-5H3,(H-,51,54,55,56)/p+1/b43-41+. The smallest absolute Gasteiger partial charge is 0.387 e. The predicted molar refractivity (Wildman–Crippen MR) is 254 cm³/mol. The molecule has 0 aliphatic carbocycles. The molecule has 0 radical (unpaired) electrons. The molecule has 8 nitrogen and oxygen atoms in total. The van der Waals surface area contributed by atoms with Crippen LogP contribution in [0.2, 0.25) is 0 Å². The SMILES string of the molecule is CCCCCCCCCCCCCCCCC/C=C/C(O)C(COP(=O)(O)OCC[N+](C)(C)C)NC(=O)CCCCCCCCCCCCCCCCCCCCCC. The van der Waals surface area contributed by atoms with Crippen molar-refractivity contribution in [3.8, 4) is 0 Å². The third-order valence-corrected chi connectivity index (χ3v) is 12.7. The van der Waals surface area contributed by atoms with E-state index in [4.69, 9.17) is 9.05 Å². The highest BCUT2D eigenvalue weighted by Crippen LogP contribution is 2.43. The lowest BCUT2D eigenvalue weighted by Crippen LogP contribution is -2.45. The number of allylic oxidation sites excluding steroid dienone is 1. The number of phosphoric acid groups is 1. The number of nitrogens with zero attached hydrogens (tertiary/aromatic N) is 1. The molecule has 1 amide bonds. The second-order valence-corrected chi connectivity index (χ2v) is 20.4. The quantitative estimate of drug-likeness (QED) is 0.0244. The maximum atomic E-state index is 12.9. The highest BCUT2D eigenvalue weighted by Gasteiger charge is 2.27. The van der Waals surface area contributed by atoms with Crippen LogP contribution >= 0.6 is 7.82 Å². The highest BCUT2D eigenvalue weighted by atomic mass is 31.2. The zero-order valence-electron chi connectivity index (χ0n) is 40.0. The molecule has 0 fully saturated rings. The summed E-state index contributed by atoms with van der Waals surface area (Å²) in [6.07, 6.45) is 50.0. The molecule has 0 heterocycles. The van der Waals surface area contributed by atoms with E-state index in [9.17, 15) is 19.4 Å². The molecule has 0 aromatic heterocycles. The number of aliphatic hydroxyl groups excluding tert-OH is 1. The first-order valence-electron chi connectivity index (χ1n) is 25.6. The number of likely N-dealkylation sites (N-methyl/N-ethyl adjacent to an activating group) is 1. The van der Waals surface area contributed by atoms with Crippen molar-refractivity contribution in [2.75, 3.05) is 40.9 Å². The van der Waals surface area contributed by atoms with E-state index in [-0.39, 0.29) is 19.1 Å². The van der Waals surface area contributed by atoms with Gasteiger partial charge in [-0.3, -0.25) is 13.8 Å². The normalized spacial score (nSPS) is 14.2. The van der Waals surface area contributed by atoms with Gasteiger partial charge >= 0.3 is 7.82 Å². The van der Waals surface area contributed by atoms with Crippen molar-refractivity contribution in [2.45, 2.75) is 264 Å². The molecule has 0 saturated heterocycles. The van der Waals surface area contributed by atoms with Crippen molar-refractivity contribution in [1.82, 2.24) is 5.32 Å². The van der Waals surface area contributed by atoms with Crippen molar-refractivity contribution in [3.63, 3.8) is 0 Å². The van der Waals surface area contributed by atoms with Crippen LogP contribution in [0, 0.1) is 0 Å². The van der Waals surface area contributed by atoms with Crippen LogP contribution < -0.4 is 5.32 Å². The largest absolute Gasteiger partial charge is 0.472 e. The second kappa shape index (κ2) is 42.5. The topological polar surface area (TPSA) is 105 Å². The molecule has 0 aromatic rings. The average molecular weight is 858 g/mol. The van der Waals surface area contributed by atoms with Gasteiger partial charge in [0.2, 0.25) is 5.91 Å². The Balaban J connectivity index is 4.28. The molecule has 3 atom stereocenters. The van der Waals surface area contributed by atoms with Crippen molar-refractivity contribution >= 4 is 13.7 Å². The van der Waals surface area contributed by atoms with Gasteiger partial charge in [-0.15, -0.1) is 0 Å². The molecule has 0 aromatic carbocycles. The highest BCUT2D eigenvalue weighted by molar-refractivity contribution is 7.47. The summed E-state index contributed by atoms with van der Waals surface area (Å²) in [7, 11) is 1.59. The average Bonchev–Trinajstić information content (AvgIpc) is 3.19. The Morgan fingerprint density at radius 2 is 0.898 bits per heavy atom. The maximum Gasteiger partial charge on any atom is 0.472 e. The van der Waals surface area contributed by atoms with E-state index in [0.29, 0.717) is 17.4 Å². The minimum Gasteiger partial charge on any atom is -0.387 e. The number of carbonyl (C=O) groups excluding carboxylic acids is 1. The predicted octanol–water partition coefficient (Wildman–Crippen LogP) is 14.7. The Morgan fingerprint density at radius 1 is 0.559 bits per heavy atom. The minimum absolute atomic E-state index is 0.0649. The number of phosphoric ester groups is 1. The molecule has 0 spiro atoms. The van der Waals surface area contributed by atoms with Gasteiger partial charge in [0.15, 0.2) is 0 Å². The van der Waals surface area contributed by atoms with E-state index in [0.717, 1.165) is 32.1 Å². The van der Waals surface area contributed by atoms with Crippen LogP contribution in [-0.2, 0) is 18.4 Å². The van der Waals surface area contributed by atoms with Gasteiger partial charge in [0.25, 0.3) is 0 Å². The van der Waals surface area contributed by atoms with Crippen molar-refractivity contribution in [2.24, 2.45) is 0 Å². The first kappa shape index (κ1) is 58.2. The number of rotatable bonds is 47. The van der Waals surface area contributed by atoms with Gasteiger partial charge in [0, 0.05) is 6.42 Å². The summed E-state index contributed by atoms with van der Waals surface area (Å²) in [6, 6.07) is -0.840. The van der Waals surface area contributed by atoms with Crippen LogP contribution in [0.5, 0.6) is 0 Å². The molecule has 0 rings (SSSR count). The Hall–Kier alpha value is -0.760. The van der Waals surface area contributed by atoms with Gasteiger partial charge in [-0.05, 0) is 19.3 Å². The summed E-state index contributed by atoms with van der Waals surface area (Å²) in [6.45, 7) is 4.85. The number of unbranched alkanes of at least 4 members (excludes halogenated alkanes) is 34. The zero-order valence-corrected chi connectivity index (χ0v) is 40.9. The van der Waals surface area contributed by atoms with E-state index in [2.05, 4.69) is 19.2 Å². The van der Waals surface area contributed by atoms with Crippen LogP contribution in [0.1, 0.15) is 251 Å². The van der Waals surface area contributed by atoms with Gasteiger partial charge in [0.05, 0.1) is 39.9 Å². The fraction of sp³-hybridized carbons (Fsp3) is 0.940.